The van der Waals surface area contributed by atoms with Crippen LogP contribution in [0.2, 0.25) is 0 Å². The minimum Gasteiger partial charge on any atom is -0.470 e. The van der Waals surface area contributed by atoms with Gasteiger partial charge in [0.15, 0.2) is 11.4 Å². The van der Waals surface area contributed by atoms with E-state index in [0.29, 0.717) is 42.3 Å². The molecule has 1 aliphatic rings. The van der Waals surface area contributed by atoms with Crippen LogP contribution in [0, 0.1) is 0 Å². The fraction of sp³-hybridized carbons (Fsp3) is 0.429. The van der Waals surface area contributed by atoms with Crippen LogP contribution in [0.3, 0.4) is 0 Å². The molecule has 9 nitrogen and oxygen atoms in total. The predicted octanol–water partition coefficient (Wildman–Crippen LogP) is 1.91. The molecule has 3 aromatic rings. The lowest BCUT2D eigenvalue weighted by atomic mass is 10.3. The number of fused-ring (bicyclic) bond motifs is 1. The number of amides is 1. The van der Waals surface area contributed by atoms with Crippen molar-refractivity contribution in [3.05, 3.63) is 47.2 Å². The summed E-state index contributed by atoms with van der Waals surface area (Å²) >= 11 is 0. The Kier molecular flexibility index (Phi) is 5.69. The molecule has 0 radical (unpaired) electrons. The Hall–Kier alpha value is -3.36. The van der Waals surface area contributed by atoms with Crippen LogP contribution < -0.4 is 15.4 Å². The highest BCUT2D eigenvalue weighted by Gasteiger charge is 2.29. The van der Waals surface area contributed by atoms with E-state index in [1.165, 1.54) is 4.57 Å². The molecule has 1 fully saturated rings. The minimum atomic E-state index is -0.528. The molecule has 1 amide bonds. The third-order valence-electron chi connectivity index (χ3n) is 5.35. The molecule has 1 aromatic carbocycles. The molecule has 9 heteroatoms. The van der Waals surface area contributed by atoms with Gasteiger partial charge < -0.3 is 19.0 Å². The molecule has 0 aliphatic carbocycles. The van der Waals surface area contributed by atoms with Gasteiger partial charge in [0.25, 0.3) is 5.88 Å². The third kappa shape index (κ3) is 3.87. The van der Waals surface area contributed by atoms with E-state index in [-0.39, 0.29) is 18.6 Å². The number of hydrogen-bond acceptors (Lipinski definition) is 7. The lowest BCUT2D eigenvalue weighted by Crippen LogP contribution is -2.35. The summed E-state index contributed by atoms with van der Waals surface area (Å²) in [6.45, 7) is 6.66. The summed E-state index contributed by atoms with van der Waals surface area (Å²) in [7, 11) is 0. The van der Waals surface area contributed by atoms with Crippen LogP contribution in [-0.4, -0.2) is 57.6 Å². The average molecular weight is 411 g/mol. The van der Waals surface area contributed by atoms with Crippen LogP contribution in [0.4, 0.5) is 5.82 Å². The van der Waals surface area contributed by atoms with Crippen molar-refractivity contribution in [3.63, 3.8) is 0 Å². The standard InChI is InChI=1S/C21H25N5O4/c1-3-24(4-2)19-20(23-11-10-22-19)29-15-9-12-25(13-15)18(27)14-26-16-7-5-6-8-17(16)30-21(26)28/h5-8,10-11,15H,3-4,9,12-14H2,1-2H3. The number of anilines is 1. The van der Waals surface area contributed by atoms with Gasteiger partial charge in [-0.2, -0.15) is 0 Å². The number of carbonyl (C=O) groups is 1. The predicted molar refractivity (Wildman–Crippen MR) is 112 cm³/mol. The minimum absolute atomic E-state index is 0.0571. The van der Waals surface area contributed by atoms with Gasteiger partial charge in [-0.05, 0) is 26.0 Å². The third-order valence-corrected chi connectivity index (χ3v) is 5.35. The van der Waals surface area contributed by atoms with Crippen molar-refractivity contribution in [1.29, 1.82) is 0 Å². The topological polar surface area (TPSA) is 93.7 Å². The first-order valence-corrected chi connectivity index (χ1v) is 10.2. The highest BCUT2D eigenvalue weighted by Crippen LogP contribution is 2.25. The fourth-order valence-corrected chi connectivity index (χ4v) is 3.75. The molecule has 0 bridgehead atoms. The van der Waals surface area contributed by atoms with Crippen molar-refractivity contribution in [1.82, 2.24) is 19.4 Å². The molecule has 158 valence electrons. The van der Waals surface area contributed by atoms with Gasteiger partial charge in [-0.15, -0.1) is 0 Å². The molecular formula is C21H25N5O4. The Balaban J connectivity index is 1.43. The van der Waals surface area contributed by atoms with Gasteiger partial charge in [-0.3, -0.25) is 9.36 Å². The summed E-state index contributed by atoms with van der Waals surface area (Å²) in [4.78, 5) is 37.5. The van der Waals surface area contributed by atoms with Crippen molar-refractivity contribution >= 4 is 22.8 Å². The highest BCUT2D eigenvalue weighted by atomic mass is 16.5. The van der Waals surface area contributed by atoms with Crippen molar-refractivity contribution in [2.45, 2.75) is 32.9 Å². The lowest BCUT2D eigenvalue weighted by Gasteiger charge is -2.23. The molecule has 0 spiro atoms. The van der Waals surface area contributed by atoms with Crippen LogP contribution in [0.5, 0.6) is 5.88 Å². The first-order chi connectivity index (χ1) is 14.6. The number of carbonyl (C=O) groups excluding carboxylic acids is 1. The van der Waals surface area contributed by atoms with Crippen LogP contribution in [0.15, 0.2) is 45.9 Å². The molecule has 0 N–H and O–H groups in total. The van der Waals surface area contributed by atoms with E-state index in [9.17, 15) is 9.59 Å². The maximum absolute atomic E-state index is 12.8. The lowest BCUT2D eigenvalue weighted by molar-refractivity contribution is -0.131. The van der Waals surface area contributed by atoms with Crippen LogP contribution in [0.1, 0.15) is 20.3 Å². The normalized spacial score (nSPS) is 16.2. The molecular weight excluding hydrogens is 386 g/mol. The number of para-hydroxylation sites is 2. The van der Waals surface area contributed by atoms with E-state index >= 15 is 0 Å². The first kappa shape index (κ1) is 19.9. The number of rotatable bonds is 7. The molecule has 4 rings (SSSR count). The number of benzene rings is 1. The Morgan fingerprint density at radius 1 is 1.23 bits per heavy atom. The maximum atomic E-state index is 12.8. The van der Waals surface area contributed by atoms with E-state index in [4.69, 9.17) is 9.15 Å². The van der Waals surface area contributed by atoms with Gasteiger partial charge in [-0.1, -0.05) is 12.1 Å². The van der Waals surface area contributed by atoms with Gasteiger partial charge >= 0.3 is 5.76 Å². The van der Waals surface area contributed by atoms with Gasteiger partial charge in [0.2, 0.25) is 5.91 Å². The molecule has 1 saturated heterocycles. The maximum Gasteiger partial charge on any atom is 0.420 e. The second-order valence-corrected chi connectivity index (χ2v) is 7.15. The summed E-state index contributed by atoms with van der Waals surface area (Å²) in [5, 5.41) is 0. The quantitative estimate of drug-likeness (QED) is 0.586. The number of hydrogen-bond donors (Lipinski definition) is 0. The zero-order valence-corrected chi connectivity index (χ0v) is 17.2. The van der Waals surface area contributed by atoms with Gasteiger partial charge in [0.1, 0.15) is 12.6 Å². The van der Waals surface area contributed by atoms with E-state index < -0.39 is 5.76 Å². The SMILES string of the molecule is CCN(CC)c1nccnc1OC1CCN(C(=O)Cn2c(=O)oc3ccccc32)C1. The second-order valence-electron chi connectivity index (χ2n) is 7.15. The van der Waals surface area contributed by atoms with Crippen LogP contribution in [-0.2, 0) is 11.3 Å². The average Bonchev–Trinajstić information content (AvgIpc) is 3.35. The van der Waals surface area contributed by atoms with Gasteiger partial charge in [0.05, 0.1) is 12.1 Å². The fourth-order valence-electron chi connectivity index (χ4n) is 3.75. The van der Waals surface area contributed by atoms with E-state index in [2.05, 4.69) is 28.7 Å². The summed E-state index contributed by atoms with van der Waals surface area (Å²) in [5.74, 6) is 0.527. The Labute approximate surface area is 173 Å². The molecule has 30 heavy (non-hydrogen) atoms. The van der Waals surface area contributed by atoms with Crippen molar-refractivity contribution in [3.8, 4) is 5.88 Å². The monoisotopic (exact) mass is 411 g/mol. The van der Waals surface area contributed by atoms with Crippen molar-refractivity contribution in [2.24, 2.45) is 0 Å². The number of likely N-dealkylation sites (tertiary alicyclic amines) is 1. The highest BCUT2D eigenvalue weighted by molar-refractivity contribution is 5.79. The zero-order chi connectivity index (χ0) is 21.1. The van der Waals surface area contributed by atoms with Crippen molar-refractivity contribution in [2.75, 3.05) is 31.1 Å². The second kappa shape index (κ2) is 8.56. The summed E-state index contributed by atoms with van der Waals surface area (Å²) in [6, 6.07) is 7.09. The van der Waals surface area contributed by atoms with E-state index in [0.717, 1.165) is 13.1 Å². The molecule has 1 aliphatic heterocycles. The van der Waals surface area contributed by atoms with Gasteiger partial charge in [0, 0.05) is 38.4 Å². The molecule has 2 aromatic heterocycles. The van der Waals surface area contributed by atoms with Crippen molar-refractivity contribution < 1.29 is 13.9 Å². The first-order valence-electron chi connectivity index (χ1n) is 10.2. The smallest absolute Gasteiger partial charge is 0.420 e. The summed E-state index contributed by atoms with van der Waals surface area (Å²) in [6.07, 6.45) is 3.79. The van der Waals surface area contributed by atoms with E-state index in [1.54, 1.807) is 35.5 Å². The van der Waals surface area contributed by atoms with Crippen LogP contribution in [0.25, 0.3) is 11.1 Å². The number of nitrogens with zero attached hydrogens (tertiary/aromatic N) is 5. The van der Waals surface area contributed by atoms with E-state index in [1.807, 2.05) is 6.07 Å². The van der Waals surface area contributed by atoms with Crippen LogP contribution >= 0.6 is 0 Å². The summed E-state index contributed by atoms with van der Waals surface area (Å²) in [5.41, 5.74) is 1.09. The largest absolute Gasteiger partial charge is 0.470 e. The number of oxazole rings is 1. The molecule has 1 atom stereocenters. The Bertz CT molecular complexity index is 1090. The Morgan fingerprint density at radius 2 is 2.00 bits per heavy atom. The molecule has 0 saturated carbocycles. The molecule has 3 heterocycles. The van der Waals surface area contributed by atoms with Gasteiger partial charge in [-0.25, -0.2) is 14.8 Å². The number of aromatic nitrogens is 3. The number of ether oxygens (including phenoxy) is 1. The summed E-state index contributed by atoms with van der Waals surface area (Å²) < 4.78 is 12.7. The zero-order valence-electron chi connectivity index (χ0n) is 17.2. The molecule has 1 unspecified atom stereocenters. The Morgan fingerprint density at radius 3 is 2.80 bits per heavy atom.